The van der Waals surface area contributed by atoms with Crippen LogP contribution in [0, 0.1) is 0 Å². The first-order valence-corrected chi connectivity index (χ1v) is 8.35. The highest BCUT2D eigenvalue weighted by atomic mass is 16.5. The zero-order valence-electron chi connectivity index (χ0n) is 13.8. The van der Waals surface area contributed by atoms with Gasteiger partial charge in [0, 0.05) is 29.6 Å². The molecule has 2 heterocycles. The maximum absolute atomic E-state index is 5.91. The van der Waals surface area contributed by atoms with E-state index in [2.05, 4.69) is 9.97 Å². The number of hydrogen-bond acceptors (Lipinski definition) is 4. The molecule has 4 nitrogen and oxygen atoms in total. The van der Waals surface area contributed by atoms with Gasteiger partial charge >= 0.3 is 0 Å². The fourth-order valence-corrected chi connectivity index (χ4v) is 2.83. The number of pyridine rings is 2. The van der Waals surface area contributed by atoms with Gasteiger partial charge in [-0.2, -0.15) is 0 Å². The second-order valence-electron chi connectivity index (χ2n) is 5.70. The molecule has 4 heteroatoms. The quantitative estimate of drug-likeness (QED) is 0.483. The average Bonchev–Trinajstić information content (AvgIpc) is 2.68. The van der Waals surface area contributed by atoms with Crippen LogP contribution >= 0.6 is 0 Å². The van der Waals surface area contributed by atoms with E-state index in [1.807, 2.05) is 60.7 Å². The van der Waals surface area contributed by atoms with Crippen LogP contribution in [-0.2, 0) is 0 Å². The second kappa shape index (κ2) is 7.18. The van der Waals surface area contributed by atoms with Gasteiger partial charge in [0.05, 0.1) is 24.2 Å². The van der Waals surface area contributed by atoms with Crippen LogP contribution < -0.4 is 9.47 Å². The molecule has 0 unspecified atom stereocenters. The Kier molecular flexibility index (Phi) is 4.42. The Balaban J connectivity index is 1.35. The molecule has 0 bridgehead atoms. The lowest BCUT2D eigenvalue weighted by atomic mass is 10.2. The van der Waals surface area contributed by atoms with Gasteiger partial charge in [-0.3, -0.25) is 9.97 Å². The predicted octanol–water partition coefficient (Wildman–Crippen LogP) is 4.63. The van der Waals surface area contributed by atoms with Crippen molar-refractivity contribution in [1.29, 1.82) is 0 Å². The van der Waals surface area contributed by atoms with Gasteiger partial charge in [-0.15, -0.1) is 0 Å². The molecular formula is C21H18N2O2. The maximum atomic E-state index is 5.91. The Morgan fingerprint density at radius 2 is 1.12 bits per heavy atom. The largest absolute Gasteiger partial charge is 0.493 e. The molecular weight excluding hydrogens is 312 g/mol. The van der Waals surface area contributed by atoms with E-state index in [1.165, 1.54) is 0 Å². The molecule has 25 heavy (non-hydrogen) atoms. The molecule has 2 aromatic carbocycles. The second-order valence-corrected chi connectivity index (χ2v) is 5.70. The summed E-state index contributed by atoms with van der Waals surface area (Å²) in [5, 5.41) is 2.07. The molecule has 0 saturated heterocycles. The lowest BCUT2D eigenvalue weighted by Crippen LogP contribution is -2.05. The normalized spacial score (nSPS) is 10.9. The van der Waals surface area contributed by atoms with E-state index < -0.39 is 0 Å². The molecule has 0 amide bonds. The lowest BCUT2D eigenvalue weighted by molar-refractivity contribution is 0.250. The van der Waals surface area contributed by atoms with Crippen LogP contribution in [0.15, 0.2) is 73.1 Å². The molecule has 0 aliphatic carbocycles. The van der Waals surface area contributed by atoms with Crippen molar-refractivity contribution >= 4 is 21.8 Å². The van der Waals surface area contributed by atoms with Crippen LogP contribution in [0.3, 0.4) is 0 Å². The molecule has 0 radical (unpaired) electrons. The Morgan fingerprint density at radius 1 is 0.600 bits per heavy atom. The first kappa shape index (κ1) is 15.4. The van der Waals surface area contributed by atoms with Crippen LogP contribution in [0.4, 0.5) is 0 Å². The minimum absolute atomic E-state index is 0.594. The van der Waals surface area contributed by atoms with Crippen molar-refractivity contribution in [3.05, 3.63) is 73.1 Å². The van der Waals surface area contributed by atoms with Gasteiger partial charge < -0.3 is 9.47 Å². The Hall–Kier alpha value is -3.14. The summed E-state index contributed by atoms with van der Waals surface area (Å²) in [6, 6.07) is 19.7. The lowest BCUT2D eigenvalue weighted by Gasteiger charge is -2.11. The van der Waals surface area contributed by atoms with Crippen LogP contribution in [0.5, 0.6) is 11.5 Å². The van der Waals surface area contributed by atoms with Crippen molar-refractivity contribution < 1.29 is 9.47 Å². The zero-order valence-corrected chi connectivity index (χ0v) is 13.8. The number of fused-ring (bicyclic) bond motifs is 2. The smallest absolute Gasteiger partial charge is 0.128 e. The average molecular weight is 330 g/mol. The SMILES string of the molecule is c1cc(OCCCOc2cccc3ncccc23)c2cccnc2c1. The summed E-state index contributed by atoms with van der Waals surface area (Å²) >= 11 is 0. The summed E-state index contributed by atoms with van der Waals surface area (Å²) in [5.41, 5.74) is 1.89. The highest BCUT2D eigenvalue weighted by Gasteiger charge is 2.04. The van der Waals surface area contributed by atoms with Crippen LogP contribution in [0.2, 0.25) is 0 Å². The molecule has 0 aliphatic heterocycles. The zero-order chi connectivity index (χ0) is 16.9. The molecule has 0 spiro atoms. The summed E-state index contributed by atoms with van der Waals surface area (Å²) < 4.78 is 11.8. The molecule has 0 saturated carbocycles. The number of benzene rings is 2. The fourth-order valence-electron chi connectivity index (χ4n) is 2.83. The number of aromatic nitrogens is 2. The van der Waals surface area contributed by atoms with E-state index in [4.69, 9.17) is 9.47 Å². The van der Waals surface area contributed by atoms with Crippen LogP contribution in [0.25, 0.3) is 21.8 Å². The van der Waals surface area contributed by atoms with E-state index in [-0.39, 0.29) is 0 Å². The predicted molar refractivity (Wildman–Crippen MR) is 99.1 cm³/mol. The third kappa shape index (κ3) is 3.38. The maximum Gasteiger partial charge on any atom is 0.128 e. The van der Waals surface area contributed by atoms with E-state index in [1.54, 1.807) is 12.4 Å². The number of nitrogens with zero attached hydrogens (tertiary/aromatic N) is 2. The third-order valence-electron chi connectivity index (χ3n) is 4.02. The molecule has 4 rings (SSSR count). The number of hydrogen-bond donors (Lipinski definition) is 0. The fraction of sp³-hybridized carbons (Fsp3) is 0.143. The number of rotatable bonds is 6. The summed E-state index contributed by atoms with van der Waals surface area (Å²) in [6.45, 7) is 1.19. The minimum Gasteiger partial charge on any atom is -0.493 e. The Bertz CT molecular complexity index is 909. The Labute approximate surface area is 146 Å². The highest BCUT2D eigenvalue weighted by Crippen LogP contribution is 2.25. The number of ether oxygens (including phenoxy) is 2. The van der Waals surface area contributed by atoms with Gasteiger partial charge in [0.15, 0.2) is 0 Å². The van der Waals surface area contributed by atoms with Gasteiger partial charge in [0.2, 0.25) is 0 Å². The van der Waals surface area contributed by atoms with Crippen LogP contribution in [-0.4, -0.2) is 23.2 Å². The van der Waals surface area contributed by atoms with Crippen molar-refractivity contribution in [3.8, 4) is 11.5 Å². The minimum atomic E-state index is 0.594. The van der Waals surface area contributed by atoms with Gasteiger partial charge in [-0.1, -0.05) is 12.1 Å². The van der Waals surface area contributed by atoms with Gasteiger partial charge in [-0.25, -0.2) is 0 Å². The van der Waals surface area contributed by atoms with E-state index in [0.29, 0.717) is 13.2 Å². The molecule has 0 fully saturated rings. The van der Waals surface area contributed by atoms with Crippen molar-refractivity contribution in [2.24, 2.45) is 0 Å². The van der Waals surface area contributed by atoms with Crippen LogP contribution in [0.1, 0.15) is 6.42 Å². The summed E-state index contributed by atoms with van der Waals surface area (Å²) in [6.07, 6.45) is 4.38. The summed E-state index contributed by atoms with van der Waals surface area (Å²) in [7, 11) is 0. The molecule has 2 aromatic heterocycles. The summed E-state index contributed by atoms with van der Waals surface area (Å²) in [4.78, 5) is 8.69. The first-order valence-electron chi connectivity index (χ1n) is 8.35. The summed E-state index contributed by atoms with van der Waals surface area (Å²) in [5.74, 6) is 1.72. The molecule has 124 valence electrons. The van der Waals surface area contributed by atoms with Crippen molar-refractivity contribution in [3.63, 3.8) is 0 Å². The van der Waals surface area contributed by atoms with E-state index >= 15 is 0 Å². The van der Waals surface area contributed by atoms with Gasteiger partial charge in [0.25, 0.3) is 0 Å². The molecule has 0 atom stereocenters. The highest BCUT2D eigenvalue weighted by molar-refractivity contribution is 5.85. The monoisotopic (exact) mass is 330 g/mol. The van der Waals surface area contributed by atoms with E-state index in [0.717, 1.165) is 39.7 Å². The van der Waals surface area contributed by atoms with Crippen molar-refractivity contribution in [1.82, 2.24) is 9.97 Å². The van der Waals surface area contributed by atoms with Crippen molar-refractivity contribution in [2.75, 3.05) is 13.2 Å². The third-order valence-corrected chi connectivity index (χ3v) is 4.02. The molecule has 0 N–H and O–H groups in total. The topological polar surface area (TPSA) is 44.2 Å². The van der Waals surface area contributed by atoms with Gasteiger partial charge in [-0.05, 0) is 48.5 Å². The van der Waals surface area contributed by atoms with Crippen molar-refractivity contribution in [2.45, 2.75) is 6.42 Å². The van der Waals surface area contributed by atoms with Gasteiger partial charge in [0.1, 0.15) is 11.5 Å². The standard InChI is InChI=1S/C21H18N2O2/c1-8-18-16(6-3-12-22-18)20(10-1)24-14-5-15-25-21-11-2-9-19-17(21)7-4-13-23-19/h1-4,6-13H,5,14-15H2. The first-order chi connectivity index (χ1) is 12.4. The molecule has 4 aromatic rings. The molecule has 0 aliphatic rings. The van der Waals surface area contributed by atoms with E-state index in [9.17, 15) is 0 Å². The Morgan fingerprint density at radius 3 is 1.64 bits per heavy atom.